The van der Waals surface area contributed by atoms with E-state index in [1.54, 1.807) is 12.1 Å². The Labute approximate surface area is 149 Å². The highest BCUT2D eigenvalue weighted by Crippen LogP contribution is 2.09. The summed E-state index contributed by atoms with van der Waals surface area (Å²) >= 11 is 0. The smallest absolute Gasteiger partial charge is 0.251 e. The Kier molecular flexibility index (Phi) is 7.50. The molecule has 2 aromatic rings. The molecule has 2 aromatic carbocycles. The molecule has 25 heavy (non-hydrogen) atoms. The third-order valence-electron chi connectivity index (χ3n) is 3.87. The zero-order chi connectivity index (χ0) is 17.9. The van der Waals surface area contributed by atoms with Crippen LogP contribution in [0, 0.1) is 0 Å². The van der Waals surface area contributed by atoms with Crippen LogP contribution in [-0.2, 0) is 4.79 Å². The maximum Gasteiger partial charge on any atom is 0.251 e. The fraction of sp³-hybridized carbons (Fsp3) is 0.300. The van der Waals surface area contributed by atoms with Gasteiger partial charge in [0, 0.05) is 44.4 Å². The van der Waals surface area contributed by atoms with Crippen LogP contribution in [0.2, 0.25) is 0 Å². The lowest BCUT2D eigenvalue weighted by Crippen LogP contribution is -2.33. The quantitative estimate of drug-likeness (QED) is 0.690. The van der Waals surface area contributed by atoms with Gasteiger partial charge in [0.15, 0.2) is 0 Å². The molecule has 132 valence electrons. The number of hydrogen-bond acceptors (Lipinski definition) is 3. The van der Waals surface area contributed by atoms with E-state index >= 15 is 0 Å². The number of nitrogens with zero attached hydrogens (tertiary/aromatic N) is 1. The average molecular weight is 339 g/mol. The highest BCUT2D eigenvalue weighted by molar-refractivity contribution is 5.94. The van der Waals surface area contributed by atoms with Gasteiger partial charge in [-0.3, -0.25) is 9.59 Å². The van der Waals surface area contributed by atoms with E-state index < -0.39 is 0 Å². The molecule has 0 aromatic heterocycles. The van der Waals surface area contributed by atoms with E-state index in [0.29, 0.717) is 31.5 Å². The fourth-order valence-electron chi connectivity index (χ4n) is 2.41. The second kappa shape index (κ2) is 10.1. The highest BCUT2D eigenvalue weighted by Gasteiger charge is 2.05. The SMILES string of the molecule is CN(CCNC(=O)CCCNC(=O)c1ccccc1)c1ccccc1. The molecule has 0 aliphatic carbocycles. The molecule has 2 amide bonds. The topological polar surface area (TPSA) is 61.4 Å². The van der Waals surface area contributed by atoms with Gasteiger partial charge in [-0.1, -0.05) is 36.4 Å². The zero-order valence-electron chi connectivity index (χ0n) is 14.6. The number of rotatable bonds is 9. The van der Waals surface area contributed by atoms with Gasteiger partial charge in [-0.25, -0.2) is 0 Å². The van der Waals surface area contributed by atoms with Crippen LogP contribution in [0.15, 0.2) is 60.7 Å². The number of benzene rings is 2. The van der Waals surface area contributed by atoms with Crippen LogP contribution >= 0.6 is 0 Å². The summed E-state index contributed by atoms with van der Waals surface area (Å²) in [4.78, 5) is 25.8. The van der Waals surface area contributed by atoms with Crippen LogP contribution in [0.4, 0.5) is 5.69 Å². The van der Waals surface area contributed by atoms with Crippen LogP contribution in [0.1, 0.15) is 23.2 Å². The molecule has 0 fully saturated rings. The first kappa shape index (κ1) is 18.5. The molecule has 2 rings (SSSR count). The molecule has 0 aliphatic heterocycles. The van der Waals surface area contributed by atoms with Crippen LogP contribution in [-0.4, -0.2) is 38.5 Å². The standard InChI is InChI=1S/C20H25N3O2/c1-23(18-11-6-3-7-12-18)16-15-21-19(24)13-8-14-22-20(25)17-9-4-2-5-10-17/h2-7,9-12H,8,13-16H2,1H3,(H,21,24)(H,22,25). The molecule has 0 aliphatic rings. The van der Waals surface area contributed by atoms with E-state index in [1.165, 1.54) is 0 Å². The normalized spacial score (nSPS) is 10.1. The van der Waals surface area contributed by atoms with Gasteiger partial charge in [-0.15, -0.1) is 0 Å². The van der Waals surface area contributed by atoms with Crippen molar-refractivity contribution in [2.24, 2.45) is 0 Å². The number of para-hydroxylation sites is 1. The van der Waals surface area contributed by atoms with Gasteiger partial charge in [0.2, 0.25) is 5.91 Å². The molecule has 2 N–H and O–H groups in total. The van der Waals surface area contributed by atoms with Gasteiger partial charge in [0.05, 0.1) is 0 Å². The van der Waals surface area contributed by atoms with Crippen LogP contribution in [0.25, 0.3) is 0 Å². The van der Waals surface area contributed by atoms with Gasteiger partial charge < -0.3 is 15.5 Å². The van der Waals surface area contributed by atoms with Crippen molar-refractivity contribution in [1.29, 1.82) is 0 Å². The molecule has 0 saturated carbocycles. The first-order chi connectivity index (χ1) is 12.2. The van der Waals surface area contributed by atoms with Crippen molar-refractivity contribution < 1.29 is 9.59 Å². The number of anilines is 1. The summed E-state index contributed by atoms with van der Waals surface area (Å²) in [6, 6.07) is 19.1. The summed E-state index contributed by atoms with van der Waals surface area (Å²) in [5, 5.41) is 5.73. The fourth-order valence-corrected chi connectivity index (χ4v) is 2.41. The van der Waals surface area contributed by atoms with Crippen molar-refractivity contribution in [3.63, 3.8) is 0 Å². The second-order valence-electron chi connectivity index (χ2n) is 5.83. The molecule has 0 bridgehead atoms. The van der Waals surface area contributed by atoms with Crippen LogP contribution in [0.3, 0.4) is 0 Å². The van der Waals surface area contributed by atoms with Gasteiger partial charge in [-0.05, 0) is 30.7 Å². The lowest BCUT2D eigenvalue weighted by atomic mass is 10.2. The van der Waals surface area contributed by atoms with Crippen molar-refractivity contribution in [3.8, 4) is 0 Å². The third-order valence-corrected chi connectivity index (χ3v) is 3.87. The van der Waals surface area contributed by atoms with Crippen molar-refractivity contribution in [1.82, 2.24) is 10.6 Å². The van der Waals surface area contributed by atoms with E-state index in [4.69, 9.17) is 0 Å². The Morgan fingerprint density at radius 2 is 1.52 bits per heavy atom. The summed E-state index contributed by atoms with van der Waals surface area (Å²) < 4.78 is 0. The molecule has 0 atom stereocenters. The Morgan fingerprint density at radius 1 is 0.880 bits per heavy atom. The maximum atomic E-state index is 11.9. The maximum absolute atomic E-state index is 11.9. The van der Waals surface area contributed by atoms with Crippen molar-refractivity contribution in [3.05, 3.63) is 66.2 Å². The first-order valence-corrected chi connectivity index (χ1v) is 8.53. The molecule has 5 nitrogen and oxygen atoms in total. The Morgan fingerprint density at radius 3 is 2.20 bits per heavy atom. The van der Waals surface area contributed by atoms with E-state index in [1.807, 2.05) is 55.6 Å². The number of carbonyl (C=O) groups excluding carboxylic acids is 2. The molecular weight excluding hydrogens is 314 g/mol. The number of amides is 2. The predicted molar refractivity (Wildman–Crippen MR) is 101 cm³/mol. The zero-order valence-corrected chi connectivity index (χ0v) is 14.6. The number of likely N-dealkylation sites (N-methyl/N-ethyl adjacent to an activating group) is 1. The number of hydrogen-bond donors (Lipinski definition) is 2. The van der Waals surface area contributed by atoms with Gasteiger partial charge in [0.25, 0.3) is 5.91 Å². The van der Waals surface area contributed by atoms with E-state index in [9.17, 15) is 9.59 Å². The lowest BCUT2D eigenvalue weighted by Gasteiger charge is -2.19. The number of nitrogens with one attached hydrogen (secondary N) is 2. The molecule has 0 heterocycles. The molecule has 0 spiro atoms. The molecule has 0 unspecified atom stereocenters. The minimum absolute atomic E-state index is 0.00965. The van der Waals surface area contributed by atoms with Crippen LogP contribution in [0.5, 0.6) is 0 Å². The summed E-state index contributed by atoms with van der Waals surface area (Å²) in [7, 11) is 2.00. The summed E-state index contributed by atoms with van der Waals surface area (Å²) in [6.45, 7) is 1.84. The van der Waals surface area contributed by atoms with Crippen molar-refractivity contribution in [2.45, 2.75) is 12.8 Å². The van der Waals surface area contributed by atoms with E-state index in [-0.39, 0.29) is 11.8 Å². The van der Waals surface area contributed by atoms with Crippen molar-refractivity contribution >= 4 is 17.5 Å². The van der Waals surface area contributed by atoms with Crippen LogP contribution < -0.4 is 15.5 Å². The van der Waals surface area contributed by atoms with E-state index in [2.05, 4.69) is 15.5 Å². The third kappa shape index (κ3) is 6.67. The minimum Gasteiger partial charge on any atom is -0.373 e. The highest BCUT2D eigenvalue weighted by atomic mass is 16.2. The summed E-state index contributed by atoms with van der Waals surface area (Å²) in [5.41, 5.74) is 1.76. The van der Waals surface area contributed by atoms with Gasteiger partial charge in [0.1, 0.15) is 0 Å². The average Bonchev–Trinajstić information content (AvgIpc) is 2.66. The number of carbonyl (C=O) groups is 2. The largest absolute Gasteiger partial charge is 0.373 e. The van der Waals surface area contributed by atoms with Crippen molar-refractivity contribution in [2.75, 3.05) is 31.6 Å². The second-order valence-corrected chi connectivity index (χ2v) is 5.83. The molecule has 0 saturated heterocycles. The molecule has 5 heteroatoms. The Bertz CT molecular complexity index is 659. The van der Waals surface area contributed by atoms with E-state index in [0.717, 1.165) is 12.2 Å². The molecular formula is C20H25N3O2. The van der Waals surface area contributed by atoms with Gasteiger partial charge >= 0.3 is 0 Å². The summed E-state index contributed by atoms with van der Waals surface area (Å²) in [5.74, 6) is -0.0964. The summed E-state index contributed by atoms with van der Waals surface area (Å²) in [6.07, 6.45) is 1.03. The Hall–Kier alpha value is -2.82. The van der Waals surface area contributed by atoms with Gasteiger partial charge in [-0.2, -0.15) is 0 Å². The predicted octanol–water partition coefficient (Wildman–Crippen LogP) is 2.45. The molecule has 0 radical (unpaired) electrons. The first-order valence-electron chi connectivity index (χ1n) is 8.53. The minimum atomic E-state index is -0.106. The lowest BCUT2D eigenvalue weighted by molar-refractivity contribution is -0.121. The Balaban J connectivity index is 1.56. The monoisotopic (exact) mass is 339 g/mol.